The Hall–Kier alpha value is -5.90. The zero-order valence-electron chi connectivity index (χ0n) is 36.1. The zero-order valence-corrected chi connectivity index (χ0v) is 40.4. The van der Waals surface area contributed by atoms with Gasteiger partial charge in [0.15, 0.2) is 0 Å². The van der Waals surface area contributed by atoms with Crippen molar-refractivity contribution < 1.29 is 68.4 Å². The summed E-state index contributed by atoms with van der Waals surface area (Å²) < 4.78 is 30.2. The topological polar surface area (TPSA) is 71.9 Å². The van der Waals surface area contributed by atoms with Crippen LogP contribution in [0, 0.1) is 91.8 Å². The number of para-hydroxylation sites is 3. The van der Waals surface area contributed by atoms with Crippen LogP contribution in [0.1, 0.15) is 44.5 Å². The van der Waals surface area contributed by atoms with Crippen molar-refractivity contribution in [3.05, 3.63) is 202 Å². The van der Waals surface area contributed by atoms with Crippen molar-refractivity contribution in [1.29, 1.82) is 0 Å². The van der Waals surface area contributed by atoms with E-state index in [1.165, 1.54) is 0 Å². The first kappa shape index (κ1) is 48.1. The molecule has 0 saturated carbocycles. The third kappa shape index (κ3) is 12.6. The van der Waals surface area contributed by atoms with Gasteiger partial charge in [-0.25, -0.2) is 0 Å². The molecule has 0 atom stereocenters. The van der Waals surface area contributed by atoms with E-state index in [0.29, 0.717) is 57.9 Å². The van der Waals surface area contributed by atoms with E-state index < -0.39 is 0 Å². The Kier molecular flexibility index (Phi) is 17.2. The summed E-state index contributed by atoms with van der Waals surface area (Å²) in [6.45, 7) is 15.9. The molecule has 8 aromatic rings. The van der Waals surface area contributed by atoms with Gasteiger partial charge in [0.2, 0.25) is 17.6 Å². The Labute approximate surface area is 402 Å². The first-order chi connectivity index (χ1) is 29.5. The van der Waals surface area contributed by atoms with Crippen molar-refractivity contribution in [2.45, 2.75) is 55.4 Å². The fraction of sp³-hybridized carbons (Fsp3) is 0.148. The maximum absolute atomic E-state index is 6.22. The van der Waals surface area contributed by atoms with E-state index in [2.05, 4.69) is 47.4 Å². The van der Waals surface area contributed by atoms with Crippen molar-refractivity contribution in [2.24, 2.45) is 0 Å². The molecule has 0 unspecified atom stereocenters. The van der Waals surface area contributed by atoms with E-state index in [1.807, 2.05) is 165 Å². The molecule has 0 fully saturated rings. The predicted molar refractivity (Wildman–Crippen MR) is 237 cm³/mol. The molecule has 0 saturated heterocycles. The third-order valence-corrected chi connectivity index (χ3v) is 9.45. The van der Waals surface area contributed by atoms with Gasteiger partial charge in [0.05, 0.1) is 0 Å². The Bertz CT molecular complexity index is 2660. The summed E-state index contributed by atoms with van der Waals surface area (Å²) in [5.41, 5.74) is 9.47. The largest absolute Gasteiger partial charge is 3.00 e. The van der Waals surface area contributed by atoms with Crippen molar-refractivity contribution in [1.82, 2.24) is 9.97 Å². The van der Waals surface area contributed by atoms with Gasteiger partial charge in [-0.15, -0.1) is 94.5 Å². The summed E-state index contributed by atoms with van der Waals surface area (Å²) in [6, 6.07) is 57.2. The van der Waals surface area contributed by atoms with Crippen LogP contribution in [0.15, 0.2) is 121 Å². The van der Waals surface area contributed by atoms with Gasteiger partial charge < -0.3 is 23.7 Å². The molecule has 8 rings (SSSR count). The van der Waals surface area contributed by atoms with E-state index >= 15 is 0 Å². The zero-order chi connectivity index (χ0) is 42.9. The average molecular weight is 1190 g/mol. The number of benzene rings is 6. The number of pyridine rings is 2. The Morgan fingerprint density at radius 2 is 0.698 bits per heavy atom. The summed E-state index contributed by atoms with van der Waals surface area (Å²) in [6.07, 6.45) is 0. The minimum Gasteiger partial charge on any atom is -0.509 e. The number of aryl methyl sites for hydroxylation is 8. The van der Waals surface area contributed by atoms with Crippen LogP contribution >= 0.6 is 0 Å². The normalized spacial score (nSPS) is 10.3. The van der Waals surface area contributed by atoms with E-state index in [4.69, 9.17) is 28.7 Å². The van der Waals surface area contributed by atoms with Gasteiger partial charge in [0.25, 0.3) is 0 Å². The van der Waals surface area contributed by atoms with Crippen LogP contribution in [0.5, 0.6) is 57.9 Å². The molecule has 0 radical (unpaired) electrons. The first-order valence-electron chi connectivity index (χ1n) is 19.8. The van der Waals surface area contributed by atoms with Crippen LogP contribution < -0.4 is 23.7 Å². The summed E-state index contributed by atoms with van der Waals surface area (Å²) >= 11 is 0. The van der Waals surface area contributed by atoms with E-state index in [-0.39, 0.29) is 44.8 Å². The van der Waals surface area contributed by atoms with Gasteiger partial charge in [-0.1, -0.05) is 51.5 Å². The van der Waals surface area contributed by atoms with Crippen LogP contribution in [0.2, 0.25) is 0 Å². The van der Waals surface area contributed by atoms with Gasteiger partial charge in [0, 0.05) is 56.9 Å². The van der Waals surface area contributed by atoms with Crippen LogP contribution in [-0.4, -0.2) is 9.97 Å². The molecular weight excluding hydrogens is 1150 g/mol. The van der Waals surface area contributed by atoms with Crippen molar-refractivity contribution in [2.75, 3.05) is 0 Å². The molecule has 2 aromatic heterocycles. The monoisotopic (exact) mass is 1190 g/mol. The second-order valence-corrected chi connectivity index (χ2v) is 14.6. The number of aromatic nitrogens is 2. The average Bonchev–Trinajstić information content (AvgIpc) is 3.25. The smallest absolute Gasteiger partial charge is 0.509 e. The summed E-state index contributed by atoms with van der Waals surface area (Å²) in [5.74, 6) is 5.67. The SMILES string of the molecule is Cc1cc(C)c(Oc2nc(-c3[c-]cccc3)c(C)cc2C)[c-]c1Oc1[c-]cccc1.Cc1cc(C)c(Oc2nc(Oc3[c-]cccc3)c(C)cc2C)[c-]c1Oc1[c-]cccc1.[Au+3].[Au+3]. The summed E-state index contributed by atoms with van der Waals surface area (Å²) in [5, 5.41) is 0. The summed E-state index contributed by atoms with van der Waals surface area (Å²) in [4.78, 5) is 9.40. The molecule has 0 aliphatic carbocycles. The number of hydrogen-bond donors (Lipinski definition) is 0. The van der Waals surface area contributed by atoms with Gasteiger partial charge in [-0.2, -0.15) is 71.7 Å². The number of ether oxygens (including phenoxy) is 5. The Balaban J connectivity index is 0.000000230. The Morgan fingerprint density at radius 3 is 1.11 bits per heavy atom. The van der Waals surface area contributed by atoms with Crippen LogP contribution in [0.3, 0.4) is 0 Å². The molecule has 7 nitrogen and oxygen atoms in total. The predicted octanol–water partition coefficient (Wildman–Crippen LogP) is 14.1. The fourth-order valence-corrected chi connectivity index (χ4v) is 6.35. The van der Waals surface area contributed by atoms with Crippen molar-refractivity contribution in [3.8, 4) is 69.1 Å². The molecule has 0 bridgehead atoms. The first-order valence-corrected chi connectivity index (χ1v) is 19.8. The molecule has 0 amide bonds. The number of rotatable bonds is 11. The van der Waals surface area contributed by atoms with Crippen LogP contribution in [0.4, 0.5) is 0 Å². The molecule has 0 aliphatic rings. The van der Waals surface area contributed by atoms with Crippen molar-refractivity contribution in [3.63, 3.8) is 0 Å². The summed E-state index contributed by atoms with van der Waals surface area (Å²) in [7, 11) is 0. The minimum absolute atomic E-state index is 0. The second kappa shape index (κ2) is 22.5. The molecule has 322 valence electrons. The number of nitrogens with zero attached hydrogens (tertiary/aromatic N) is 2. The molecule has 9 heteroatoms. The molecule has 63 heavy (non-hydrogen) atoms. The van der Waals surface area contributed by atoms with Crippen LogP contribution in [0.25, 0.3) is 11.3 Å². The van der Waals surface area contributed by atoms with Gasteiger partial charge in [0.1, 0.15) is 0 Å². The van der Waals surface area contributed by atoms with Gasteiger partial charge in [-0.3, -0.25) is 4.98 Å². The third-order valence-electron chi connectivity index (χ3n) is 9.45. The quantitative estimate of drug-likeness (QED) is 0.0944. The molecule has 0 N–H and O–H groups in total. The van der Waals surface area contributed by atoms with E-state index in [9.17, 15) is 0 Å². The minimum atomic E-state index is 0. The number of hydrogen-bond acceptors (Lipinski definition) is 7. The van der Waals surface area contributed by atoms with Crippen LogP contribution in [-0.2, 0) is 44.8 Å². The maximum atomic E-state index is 6.22. The van der Waals surface area contributed by atoms with E-state index in [1.54, 1.807) is 6.07 Å². The van der Waals surface area contributed by atoms with Gasteiger partial charge >= 0.3 is 44.8 Å². The van der Waals surface area contributed by atoms with Gasteiger partial charge in [-0.05, 0) is 39.5 Å². The van der Waals surface area contributed by atoms with Crippen molar-refractivity contribution >= 4 is 0 Å². The molecule has 6 aromatic carbocycles. The second-order valence-electron chi connectivity index (χ2n) is 14.6. The maximum Gasteiger partial charge on any atom is 3.00 e. The molecule has 0 aliphatic heterocycles. The molecular formula is C54H44Au2N2O5. The molecule has 0 spiro atoms. The van der Waals surface area contributed by atoms with E-state index in [0.717, 1.165) is 55.8 Å². The Morgan fingerprint density at radius 1 is 0.349 bits per heavy atom. The molecule has 2 heterocycles. The standard InChI is InChI=1S/C27H22NO3.C27H22NO2.2Au/c1-18-15-19(2)25(17-24(18)29-22-11-7-5-8-12-22)31-27-21(4)16-20(3)26(28-27)30-23-13-9-6-10-14-23;1-18-15-19(2)25(17-24(18)29-23-13-9-6-10-14-23)30-27-21(4)16-20(3)26(28-27)22-11-7-5-8-12-22;;/h5-11,13,15-16H,1-4H3;5-11,13,15-16H,1-4H3;;/q2*-3;2*+3. The fourth-order valence-electron chi connectivity index (χ4n) is 6.35.